The summed E-state index contributed by atoms with van der Waals surface area (Å²) in [5, 5.41) is 0. The summed E-state index contributed by atoms with van der Waals surface area (Å²) in [4.78, 5) is 0. The molecule has 0 spiro atoms. The van der Waals surface area contributed by atoms with Crippen molar-refractivity contribution < 1.29 is 4.74 Å². The van der Waals surface area contributed by atoms with Crippen LogP contribution in [0.25, 0.3) is 0 Å². The Morgan fingerprint density at radius 3 is 1.57 bits per heavy atom. The van der Waals surface area contributed by atoms with Crippen LogP contribution < -0.4 is 0 Å². The highest BCUT2D eigenvalue weighted by molar-refractivity contribution is 6.80. The third-order valence-corrected chi connectivity index (χ3v) is 20.7. The molecule has 0 amide bonds. The van der Waals surface area contributed by atoms with Crippen molar-refractivity contribution >= 4 is 8.07 Å². The van der Waals surface area contributed by atoms with Gasteiger partial charge in [-0.2, -0.15) is 0 Å². The highest BCUT2D eigenvalue weighted by atomic mass is 28.3. The first-order valence-corrected chi connectivity index (χ1v) is 23.6. The molecule has 4 saturated carbocycles. The Hall–Kier alpha value is -1.38. The first kappa shape index (κ1) is 37.4. The Labute approximate surface area is 304 Å². The maximum absolute atomic E-state index is 6.64. The molecule has 2 aromatic rings. The van der Waals surface area contributed by atoms with E-state index >= 15 is 0 Å². The number of hydrogen-bond donors (Lipinski definition) is 0. The number of hydrogen-bond acceptors (Lipinski definition) is 1. The quantitative estimate of drug-likeness (QED) is 0.285. The van der Waals surface area contributed by atoms with Crippen molar-refractivity contribution in [1.82, 2.24) is 0 Å². The summed E-state index contributed by atoms with van der Waals surface area (Å²) in [6.45, 7) is 32.7. The van der Waals surface area contributed by atoms with E-state index in [4.69, 9.17) is 4.74 Å². The molecule has 0 aliphatic heterocycles. The van der Waals surface area contributed by atoms with Crippen LogP contribution in [0.15, 0.2) is 48.5 Å². The second kappa shape index (κ2) is 13.2. The Balaban J connectivity index is 1.33. The predicted octanol–water partition coefficient (Wildman–Crippen LogP) is 13.4. The van der Waals surface area contributed by atoms with Crippen molar-refractivity contribution in [2.45, 2.75) is 168 Å². The van der Waals surface area contributed by atoms with Crippen molar-refractivity contribution in [3.8, 4) is 0 Å². The smallest absolute Gasteiger partial charge is 0.0675 e. The van der Waals surface area contributed by atoms with Crippen LogP contribution in [-0.2, 0) is 15.6 Å². The Morgan fingerprint density at radius 2 is 1.08 bits per heavy atom. The zero-order valence-electron chi connectivity index (χ0n) is 34.2. The molecule has 12 unspecified atom stereocenters. The summed E-state index contributed by atoms with van der Waals surface area (Å²) < 4.78 is 6.64. The number of ether oxygens (including phenoxy) is 1. The van der Waals surface area contributed by atoms with Gasteiger partial charge < -0.3 is 4.74 Å². The van der Waals surface area contributed by atoms with Crippen molar-refractivity contribution in [2.24, 2.45) is 46.8 Å². The molecule has 2 heteroatoms. The second-order valence-corrected chi connectivity index (χ2v) is 26.6. The maximum atomic E-state index is 6.64. The van der Waals surface area contributed by atoms with E-state index in [0.717, 1.165) is 52.5 Å². The molecule has 272 valence electrons. The molecule has 0 saturated heterocycles. The lowest BCUT2D eigenvalue weighted by Crippen LogP contribution is -2.51. The molecule has 0 aromatic heterocycles. The summed E-state index contributed by atoms with van der Waals surface area (Å²) in [7, 11) is 0.349. The lowest BCUT2D eigenvalue weighted by atomic mass is 9.59. The largest absolute Gasteiger partial charge is 0.381 e. The molecule has 1 nitrogen and oxygen atoms in total. The van der Waals surface area contributed by atoms with E-state index in [1.165, 1.54) is 55.2 Å². The Morgan fingerprint density at radius 1 is 0.592 bits per heavy atom. The molecule has 4 aliphatic carbocycles. The number of benzene rings is 2. The molecule has 0 bridgehead atoms. The van der Waals surface area contributed by atoms with Crippen molar-refractivity contribution in [3.63, 3.8) is 0 Å². The first-order chi connectivity index (χ1) is 22.7. The molecule has 4 aliphatic rings. The highest BCUT2D eigenvalue weighted by Gasteiger charge is 2.62. The fourth-order valence-corrected chi connectivity index (χ4v) is 20.1. The van der Waals surface area contributed by atoms with E-state index in [1.54, 1.807) is 5.56 Å². The van der Waals surface area contributed by atoms with Crippen LogP contribution in [0.4, 0.5) is 0 Å². The van der Waals surface area contributed by atoms with Gasteiger partial charge in [-0.15, -0.1) is 0 Å². The predicted molar refractivity (Wildman–Crippen MR) is 214 cm³/mol. The van der Waals surface area contributed by atoms with E-state index < -0.39 is 8.07 Å². The van der Waals surface area contributed by atoms with Crippen LogP contribution >= 0.6 is 0 Å². The van der Waals surface area contributed by atoms with Crippen LogP contribution in [0, 0.1) is 46.8 Å². The third kappa shape index (κ3) is 6.82. The van der Waals surface area contributed by atoms with Gasteiger partial charge in [-0.25, -0.2) is 0 Å². The van der Waals surface area contributed by atoms with Gasteiger partial charge in [0.2, 0.25) is 0 Å². The van der Waals surface area contributed by atoms with E-state index in [-0.39, 0.29) is 22.3 Å². The van der Waals surface area contributed by atoms with Gasteiger partial charge in [0.15, 0.2) is 0 Å². The minimum atomic E-state index is -1.67. The molecule has 0 heterocycles. The lowest BCUT2D eigenvalue weighted by Gasteiger charge is -2.53. The van der Waals surface area contributed by atoms with Crippen LogP contribution in [0.5, 0.6) is 0 Å². The van der Waals surface area contributed by atoms with Gasteiger partial charge in [0.1, 0.15) is 0 Å². The summed E-state index contributed by atoms with van der Waals surface area (Å²) >= 11 is 0. The van der Waals surface area contributed by atoms with Crippen LogP contribution in [0.1, 0.15) is 149 Å². The van der Waals surface area contributed by atoms with Crippen LogP contribution in [0.3, 0.4) is 0 Å². The van der Waals surface area contributed by atoms with Gasteiger partial charge in [0, 0.05) is 13.0 Å². The van der Waals surface area contributed by atoms with Crippen molar-refractivity contribution in [1.29, 1.82) is 0 Å². The van der Waals surface area contributed by atoms with Crippen molar-refractivity contribution in [3.05, 3.63) is 70.8 Å². The topological polar surface area (TPSA) is 9.23 Å². The first-order valence-electron chi connectivity index (χ1n) is 20.5. The zero-order valence-corrected chi connectivity index (χ0v) is 35.2. The maximum Gasteiger partial charge on any atom is 0.0675 e. The lowest BCUT2D eigenvalue weighted by molar-refractivity contribution is -0.0689. The van der Waals surface area contributed by atoms with Gasteiger partial charge in [0.25, 0.3) is 0 Å². The summed E-state index contributed by atoms with van der Waals surface area (Å²) in [6, 6.07) is 19.8. The molecule has 0 N–H and O–H groups in total. The molecular formula is C47H74OSi. The molecule has 2 aromatic carbocycles. The van der Waals surface area contributed by atoms with E-state index in [1.807, 2.05) is 7.11 Å². The SMILES string of the molecule is COC1C(c2ccc(C(C)(C)C)cc2)C2CC(C)C([Si](C)(C)C3C(C)CC4C(c5ccc(C(C)(C)C)cc5)CCCC43)C2CC1C(C)(C)C. The number of methoxy groups -OCH3 is 1. The van der Waals surface area contributed by atoms with E-state index in [0.29, 0.717) is 11.8 Å². The highest BCUT2D eigenvalue weighted by Crippen LogP contribution is 2.68. The van der Waals surface area contributed by atoms with E-state index in [2.05, 4.69) is 138 Å². The molecule has 12 atom stereocenters. The average molecular weight is 683 g/mol. The average Bonchev–Trinajstić information content (AvgIpc) is 3.54. The molecule has 49 heavy (non-hydrogen) atoms. The molecule has 4 fully saturated rings. The fraction of sp³-hybridized carbons (Fsp3) is 0.745. The summed E-state index contributed by atoms with van der Waals surface area (Å²) in [6.07, 6.45) is 8.76. The number of fused-ring (bicyclic) bond motifs is 2. The number of rotatable bonds is 5. The van der Waals surface area contributed by atoms with Gasteiger partial charge in [0.05, 0.1) is 14.2 Å². The second-order valence-electron chi connectivity index (χ2n) is 21.7. The standard InChI is InChI=1S/C47H74OSi/c1-29-26-37-35(31-18-22-33(23-19-31)45(3,4)5)16-15-17-36(37)43(29)49(13,14)44-30(2)27-38-39(44)28-40(47(9,10)11)42(48-12)41(38)32-20-24-34(25-21-32)46(6,7)8/h18-25,29-30,35-44H,15-17,26-28H2,1-14H3. The van der Waals surface area contributed by atoms with Crippen LogP contribution in [-0.4, -0.2) is 21.3 Å². The fourth-order valence-electron chi connectivity index (χ4n) is 13.4. The van der Waals surface area contributed by atoms with Crippen molar-refractivity contribution in [2.75, 3.05) is 7.11 Å². The monoisotopic (exact) mass is 683 g/mol. The molecular weight excluding hydrogens is 609 g/mol. The summed E-state index contributed by atoms with van der Waals surface area (Å²) in [5.41, 5.74) is 8.55. The Bertz CT molecular complexity index is 1410. The molecule has 6 rings (SSSR count). The third-order valence-electron chi connectivity index (χ3n) is 15.3. The normalized spacial score (nSPS) is 37.2. The van der Waals surface area contributed by atoms with E-state index in [9.17, 15) is 0 Å². The van der Waals surface area contributed by atoms with Gasteiger partial charge in [-0.1, -0.05) is 151 Å². The minimum Gasteiger partial charge on any atom is -0.381 e. The molecule has 0 radical (unpaired) electrons. The minimum absolute atomic E-state index is 0.175. The van der Waals surface area contributed by atoms with Gasteiger partial charge in [-0.05, 0) is 123 Å². The van der Waals surface area contributed by atoms with Gasteiger partial charge in [-0.3, -0.25) is 0 Å². The van der Waals surface area contributed by atoms with Crippen LogP contribution in [0.2, 0.25) is 24.2 Å². The van der Waals surface area contributed by atoms with Gasteiger partial charge >= 0.3 is 0 Å². The Kier molecular flexibility index (Phi) is 10.1. The summed E-state index contributed by atoms with van der Waals surface area (Å²) in [5.74, 6) is 6.80. The zero-order chi connectivity index (χ0) is 35.8.